The summed E-state index contributed by atoms with van der Waals surface area (Å²) in [7, 11) is -4.69. The number of ether oxygens (including phenoxy) is 1. The summed E-state index contributed by atoms with van der Waals surface area (Å²) in [5.74, 6) is 0. The van der Waals surface area contributed by atoms with E-state index in [1.54, 1.807) is 51.1 Å². The van der Waals surface area contributed by atoms with E-state index in [1.807, 2.05) is 6.92 Å². The molecule has 0 fully saturated rings. The number of benzene rings is 2. The van der Waals surface area contributed by atoms with Gasteiger partial charge in [-0.15, -0.1) is 0 Å². The average molecular weight is 603 g/mol. The predicted molar refractivity (Wildman–Crippen MR) is 144 cm³/mol. The van der Waals surface area contributed by atoms with Crippen molar-refractivity contribution in [3.05, 3.63) is 84.3 Å². The first-order valence-electron chi connectivity index (χ1n) is 12.6. The van der Waals surface area contributed by atoms with Crippen LogP contribution < -0.4 is 9.84 Å². The van der Waals surface area contributed by atoms with Gasteiger partial charge in [-0.25, -0.2) is 27.4 Å². The third-order valence-electron chi connectivity index (χ3n) is 6.31. The van der Waals surface area contributed by atoms with Gasteiger partial charge in [-0.05, 0) is 43.3 Å². The molecule has 0 N–H and O–H groups in total. The number of sulfonamides is 1. The first-order valence-corrected chi connectivity index (χ1v) is 14.0. The van der Waals surface area contributed by atoms with Crippen LogP contribution in [0.15, 0.2) is 78.0 Å². The lowest BCUT2D eigenvalue weighted by Crippen LogP contribution is -2.52. The molecule has 0 saturated carbocycles. The van der Waals surface area contributed by atoms with E-state index in [0.29, 0.717) is 5.56 Å². The van der Waals surface area contributed by atoms with E-state index in [-0.39, 0.29) is 21.7 Å². The topological polar surface area (TPSA) is 130 Å². The van der Waals surface area contributed by atoms with Gasteiger partial charge >= 0.3 is 12.2 Å². The smallest absolute Gasteiger partial charge is 0.435 e. The van der Waals surface area contributed by atoms with Crippen molar-refractivity contribution in [1.29, 1.82) is 0 Å². The van der Waals surface area contributed by atoms with Crippen molar-refractivity contribution < 1.29 is 36.2 Å². The molecule has 2 aromatic heterocycles. The number of rotatable bonds is 8. The molecule has 0 radical (unpaired) electrons. The molecule has 0 aliphatic heterocycles. The van der Waals surface area contributed by atoms with Gasteiger partial charge in [-0.1, -0.05) is 50.6 Å². The zero-order valence-corrected chi connectivity index (χ0v) is 23.8. The molecule has 0 saturated heterocycles. The fraction of sp³-hybridized carbons (Fsp3) is 0.286. The van der Waals surface area contributed by atoms with Gasteiger partial charge in [0.25, 0.3) is 10.0 Å². The summed E-state index contributed by atoms with van der Waals surface area (Å²) in [5, 5.41) is 15.8. The number of hydrogen-bond donors (Lipinski definition) is 0. The predicted octanol–water partition coefficient (Wildman–Crippen LogP) is 4.48. The van der Waals surface area contributed by atoms with Crippen LogP contribution in [-0.4, -0.2) is 51.2 Å². The zero-order chi connectivity index (χ0) is 30.9. The van der Waals surface area contributed by atoms with Crippen molar-refractivity contribution in [3.8, 4) is 23.0 Å². The van der Waals surface area contributed by atoms with Crippen LogP contribution in [0.3, 0.4) is 0 Å². The van der Waals surface area contributed by atoms with Gasteiger partial charge in [0.2, 0.25) is 0 Å². The highest BCUT2D eigenvalue weighted by atomic mass is 32.2. The molecular weight excluding hydrogens is 575 g/mol. The lowest BCUT2D eigenvalue weighted by Gasteiger charge is -2.35. The Hall–Kier alpha value is -4.46. The van der Waals surface area contributed by atoms with Crippen LogP contribution >= 0.6 is 0 Å². The number of halogens is 3. The Morgan fingerprint density at radius 3 is 2.14 bits per heavy atom. The summed E-state index contributed by atoms with van der Waals surface area (Å²) in [4.78, 5) is 19.5. The fourth-order valence-corrected chi connectivity index (χ4v) is 5.18. The quantitative estimate of drug-likeness (QED) is 0.289. The SMILES string of the molecule is Cc1ccc(-c2cc(C(F)(F)F)nn2-c2ccc(S(=O)(=O)N(CC(Oc3ncccn3)C(C)(C)C)C(=O)[O-])cc2)cc1. The molecule has 2 aromatic carbocycles. The van der Waals surface area contributed by atoms with Crippen molar-refractivity contribution in [2.45, 2.75) is 44.9 Å². The van der Waals surface area contributed by atoms with Gasteiger partial charge in [0, 0.05) is 23.4 Å². The molecule has 1 atom stereocenters. The van der Waals surface area contributed by atoms with Crippen molar-refractivity contribution in [2.24, 2.45) is 5.41 Å². The Balaban J connectivity index is 1.69. The number of amides is 1. The number of carbonyl (C=O) groups is 1. The Morgan fingerprint density at radius 2 is 1.62 bits per heavy atom. The number of nitrogens with zero attached hydrogens (tertiary/aromatic N) is 5. The molecule has 2 heterocycles. The normalized spacial score (nSPS) is 13.0. The maximum absolute atomic E-state index is 13.5. The van der Waals surface area contributed by atoms with Crippen molar-refractivity contribution >= 4 is 16.1 Å². The van der Waals surface area contributed by atoms with E-state index in [9.17, 15) is 31.5 Å². The van der Waals surface area contributed by atoms with Crippen LogP contribution in [0.1, 0.15) is 32.0 Å². The Labute approximate surface area is 240 Å². The summed E-state index contributed by atoms with van der Waals surface area (Å²) in [6.07, 6.45) is -4.89. The van der Waals surface area contributed by atoms with Gasteiger partial charge in [-0.2, -0.15) is 18.3 Å². The van der Waals surface area contributed by atoms with E-state index < -0.39 is 50.9 Å². The summed E-state index contributed by atoms with van der Waals surface area (Å²) in [6, 6.07) is 13.8. The minimum atomic E-state index is -4.72. The van der Waals surface area contributed by atoms with Crippen LogP contribution in [0.2, 0.25) is 0 Å². The zero-order valence-electron chi connectivity index (χ0n) is 23.0. The summed E-state index contributed by atoms with van der Waals surface area (Å²) < 4.78 is 74.4. The highest BCUT2D eigenvalue weighted by molar-refractivity contribution is 7.89. The van der Waals surface area contributed by atoms with Gasteiger partial charge in [-0.3, -0.25) is 0 Å². The minimum absolute atomic E-state index is 0.0701. The first kappa shape index (κ1) is 30.5. The standard InChI is InChI=1S/C28H28F3N5O5S/c1-18-6-8-19(9-7-18)22-16-23(28(29,30)31)34-36(22)20-10-12-21(13-11-20)42(39,40)35(26(37)38)17-24(27(2,3)4)41-25-32-14-5-15-33-25/h5-16,24H,17H2,1-4H3,(H,37,38)/p-1. The molecule has 42 heavy (non-hydrogen) atoms. The molecule has 1 amide bonds. The minimum Gasteiger partial charge on any atom is -0.529 e. The van der Waals surface area contributed by atoms with Crippen molar-refractivity contribution in [1.82, 2.24) is 24.1 Å². The second-order valence-electron chi connectivity index (χ2n) is 10.5. The molecule has 0 bridgehead atoms. The fourth-order valence-electron chi connectivity index (χ4n) is 3.92. The lowest BCUT2D eigenvalue weighted by molar-refractivity contribution is -0.260. The van der Waals surface area contributed by atoms with E-state index in [4.69, 9.17) is 4.74 Å². The largest absolute Gasteiger partial charge is 0.529 e. The number of aryl methyl sites for hydroxylation is 1. The van der Waals surface area contributed by atoms with Crippen LogP contribution in [0, 0.1) is 12.3 Å². The van der Waals surface area contributed by atoms with Gasteiger partial charge in [0.05, 0.1) is 22.8 Å². The molecule has 222 valence electrons. The van der Waals surface area contributed by atoms with Gasteiger partial charge < -0.3 is 14.6 Å². The highest BCUT2D eigenvalue weighted by Gasteiger charge is 2.36. The molecule has 1 unspecified atom stereocenters. The van der Waals surface area contributed by atoms with E-state index in [1.165, 1.54) is 24.5 Å². The average Bonchev–Trinajstić information content (AvgIpc) is 3.37. The molecule has 0 aliphatic rings. The molecule has 10 nitrogen and oxygen atoms in total. The van der Waals surface area contributed by atoms with E-state index in [0.717, 1.165) is 28.4 Å². The lowest BCUT2D eigenvalue weighted by atomic mass is 9.89. The number of aromatic nitrogens is 4. The third kappa shape index (κ3) is 6.70. The maximum Gasteiger partial charge on any atom is 0.435 e. The first-order chi connectivity index (χ1) is 19.6. The monoisotopic (exact) mass is 602 g/mol. The molecule has 14 heteroatoms. The summed E-state index contributed by atoms with van der Waals surface area (Å²) in [6.45, 7) is 6.36. The number of carbonyl (C=O) groups excluding carboxylic acids is 1. The van der Waals surface area contributed by atoms with Crippen molar-refractivity contribution in [2.75, 3.05) is 6.54 Å². The molecule has 4 aromatic rings. The van der Waals surface area contributed by atoms with Crippen LogP contribution in [0.25, 0.3) is 16.9 Å². The van der Waals surface area contributed by atoms with Gasteiger partial charge in [0.1, 0.15) is 6.10 Å². The number of carboxylic acid groups (broad SMARTS) is 1. The third-order valence-corrected chi connectivity index (χ3v) is 8.05. The van der Waals surface area contributed by atoms with Gasteiger partial charge in [0.15, 0.2) is 11.8 Å². The number of hydrogen-bond acceptors (Lipinski definition) is 8. The van der Waals surface area contributed by atoms with Crippen LogP contribution in [0.4, 0.5) is 18.0 Å². The van der Waals surface area contributed by atoms with E-state index in [2.05, 4.69) is 15.1 Å². The van der Waals surface area contributed by atoms with Crippen molar-refractivity contribution in [3.63, 3.8) is 0 Å². The second kappa shape index (κ2) is 11.4. The summed E-state index contributed by atoms with van der Waals surface area (Å²) in [5.41, 5.74) is -0.273. The second-order valence-corrected chi connectivity index (χ2v) is 12.4. The molecule has 4 rings (SSSR count). The number of alkyl halides is 3. The Kier molecular flexibility index (Phi) is 8.30. The van der Waals surface area contributed by atoms with E-state index >= 15 is 0 Å². The Morgan fingerprint density at radius 1 is 1.02 bits per heavy atom. The molecule has 0 spiro atoms. The molecule has 0 aliphatic carbocycles. The molecular formula is C28H27F3N5O5S-. The van der Waals surface area contributed by atoms with Crippen LogP contribution in [-0.2, 0) is 16.2 Å². The Bertz CT molecular complexity index is 1650. The van der Waals surface area contributed by atoms with Crippen LogP contribution in [0.5, 0.6) is 6.01 Å². The summed E-state index contributed by atoms with van der Waals surface area (Å²) >= 11 is 0. The maximum atomic E-state index is 13.5. The highest BCUT2D eigenvalue weighted by Crippen LogP contribution is 2.34.